The number of hydrogen-bond acceptors (Lipinski definition) is 15. The average molecular weight is 1440 g/mol. The quantitative estimate of drug-likeness (QED) is 0.0222. The molecule has 0 aliphatic carbocycles. The molecule has 0 aliphatic heterocycles. The lowest BCUT2D eigenvalue weighted by Gasteiger charge is -2.21. The Balaban J connectivity index is 5.19. The first-order valence-corrected chi connectivity index (χ1v) is 43.8. The summed E-state index contributed by atoms with van der Waals surface area (Å²) in [5.41, 5.74) is 0. The number of ether oxygens (including phenoxy) is 4. The van der Waals surface area contributed by atoms with Gasteiger partial charge in [0.25, 0.3) is 0 Å². The van der Waals surface area contributed by atoms with Crippen molar-refractivity contribution in [3.05, 3.63) is 0 Å². The highest BCUT2D eigenvalue weighted by Gasteiger charge is 2.30. The number of carbonyl (C=O) groups is 4. The number of phosphoric acid groups is 2. The van der Waals surface area contributed by atoms with Gasteiger partial charge in [0.15, 0.2) is 12.2 Å². The molecule has 0 bridgehead atoms. The van der Waals surface area contributed by atoms with Gasteiger partial charge in [-0.1, -0.05) is 351 Å². The fraction of sp³-hybridized carbons (Fsp3) is 0.949. The molecule has 0 saturated heterocycles. The Hall–Kier alpha value is -1.94. The van der Waals surface area contributed by atoms with E-state index in [0.29, 0.717) is 31.6 Å². The Morgan fingerprint density at radius 3 is 0.724 bits per heavy atom. The fourth-order valence-corrected chi connectivity index (χ4v) is 13.6. The first kappa shape index (κ1) is 96.1. The second-order valence-electron chi connectivity index (χ2n) is 29.9. The molecule has 0 aromatic rings. The third-order valence-corrected chi connectivity index (χ3v) is 20.9. The standard InChI is InChI=1S/C79H154O17P2/c1-9-71(7)57-49-41-32-26-21-23-28-34-43-51-59-76(81)89-65-74(95-79(84)62-54-46-36-30-24-22-27-33-42-50-58-72(8)10-2)67-93-97(85,86)91-63-73(80)64-92-98(87,88)94-68-75(66-90-77(82)60-52-44-38-37-40-48-56-70(5)6)96-78(83)61-53-45-35-29-20-18-16-14-12-11-13-15-17-19-25-31-39-47-55-69(3)4/h69-75,80H,9-68H2,1-8H3,(H,85,86)(H,87,88)/t71?,72?,73?,74-,75-/m1/s1. The van der Waals surface area contributed by atoms with E-state index in [1.807, 2.05) is 0 Å². The number of rotatable bonds is 76. The summed E-state index contributed by atoms with van der Waals surface area (Å²) < 4.78 is 68.6. The minimum Gasteiger partial charge on any atom is -0.462 e. The summed E-state index contributed by atoms with van der Waals surface area (Å²) in [5, 5.41) is 10.6. The van der Waals surface area contributed by atoms with Crippen LogP contribution in [0.15, 0.2) is 0 Å². The second-order valence-corrected chi connectivity index (χ2v) is 32.8. The minimum atomic E-state index is -4.96. The van der Waals surface area contributed by atoms with Crippen LogP contribution >= 0.6 is 15.6 Å². The number of esters is 4. The Morgan fingerprint density at radius 2 is 0.490 bits per heavy atom. The lowest BCUT2D eigenvalue weighted by Crippen LogP contribution is -2.30. The van der Waals surface area contributed by atoms with Crippen LogP contribution in [0.25, 0.3) is 0 Å². The first-order valence-electron chi connectivity index (χ1n) is 40.8. The molecule has 0 heterocycles. The zero-order chi connectivity index (χ0) is 72.4. The molecule has 98 heavy (non-hydrogen) atoms. The SMILES string of the molecule is CCC(C)CCCCCCCCCCCCC(=O)OC[C@H](COP(=O)(O)OCC(O)COP(=O)(O)OC[C@@H](COC(=O)CCCCCCCCC(C)C)OC(=O)CCCCCCCCCCCCCCCCCCCCC(C)C)OC(=O)CCCCCCCCCCCCC(C)CC. The summed E-state index contributed by atoms with van der Waals surface area (Å²) in [6.45, 7) is 14.2. The van der Waals surface area contributed by atoms with Gasteiger partial charge in [0.05, 0.1) is 26.4 Å². The van der Waals surface area contributed by atoms with Crippen molar-refractivity contribution in [3.63, 3.8) is 0 Å². The van der Waals surface area contributed by atoms with Crippen molar-refractivity contribution in [2.45, 2.75) is 420 Å². The molecule has 0 aromatic heterocycles. The molecular formula is C79H154O17P2. The van der Waals surface area contributed by atoms with Crippen LogP contribution in [0.2, 0.25) is 0 Å². The summed E-state index contributed by atoms with van der Waals surface area (Å²) in [6, 6.07) is 0. The third-order valence-electron chi connectivity index (χ3n) is 19.0. The lowest BCUT2D eigenvalue weighted by molar-refractivity contribution is -0.161. The summed E-state index contributed by atoms with van der Waals surface area (Å²) in [7, 11) is -9.92. The van der Waals surface area contributed by atoms with Gasteiger partial charge in [-0.3, -0.25) is 37.3 Å². The maximum atomic E-state index is 13.1. The molecule has 7 atom stereocenters. The van der Waals surface area contributed by atoms with Gasteiger partial charge < -0.3 is 33.8 Å². The van der Waals surface area contributed by atoms with Crippen molar-refractivity contribution in [3.8, 4) is 0 Å². The molecule has 0 aliphatic rings. The number of carbonyl (C=O) groups excluding carboxylic acids is 4. The van der Waals surface area contributed by atoms with E-state index in [-0.39, 0.29) is 25.7 Å². The zero-order valence-corrected chi connectivity index (χ0v) is 66.2. The van der Waals surface area contributed by atoms with Crippen LogP contribution in [-0.4, -0.2) is 96.7 Å². The van der Waals surface area contributed by atoms with Crippen molar-refractivity contribution in [1.29, 1.82) is 0 Å². The molecular weight excluding hydrogens is 1280 g/mol. The van der Waals surface area contributed by atoms with Gasteiger partial charge >= 0.3 is 39.5 Å². The summed E-state index contributed by atoms with van der Waals surface area (Å²) in [4.78, 5) is 72.9. The molecule has 582 valence electrons. The van der Waals surface area contributed by atoms with E-state index in [4.69, 9.17) is 37.0 Å². The smallest absolute Gasteiger partial charge is 0.462 e. The molecule has 0 radical (unpaired) electrons. The van der Waals surface area contributed by atoms with E-state index in [9.17, 15) is 43.2 Å². The monoisotopic (exact) mass is 1440 g/mol. The van der Waals surface area contributed by atoms with E-state index < -0.39 is 97.5 Å². The van der Waals surface area contributed by atoms with Gasteiger partial charge in [0.2, 0.25) is 0 Å². The van der Waals surface area contributed by atoms with Crippen molar-refractivity contribution >= 4 is 39.5 Å². The predicted molar refractivity (Wildman–Crippen MR) is 400 cm³/mol. The van der Waals surface area contributed by atoms with Crippen LogP contribution in [0, 0.1) is 23.7 Å². The largest absolute Gasteiger partial charge is 0.472 e. The highest BCUT2D eigenvalue weighted by molar-refractivity contribution is 7.47. The Labute approximate surface area is 600 Å². The number of aliphatic hydroxyl groups is 1. The topological polar surface area (TPSA) is 237 Å². The van der Waals surface area contributed by atoms with Gasteiger partial charge in [0, 0.05) is 25.7 Å². The van der Waals surface area contributed by atoms with Gasteiger partial charge in [-0.15, -0.1) is 0 Å². The number of phosphoric ester groups is 2. The second kappa shape index (κ2) is 68.2. The predicted octanol–water partition coefficient (Wildman–Crippen LogP) is 23.2. The number of hydrogen-bond donors (Lipinski definition) is 3. The first-order chi connectivity index (χ1) is 47.2. The molecule has 5 unspecified atom stereocenters. The van der Waals surface area contributed by atoms with Crippen LogP contribution in [0.4, 0.5) is 0 Å². The molecule has 3 N–H and O–H groups in total. The van der Waals surface area contributed by atoms with E-state index >= 15 is 0 Å². The molecule has 0 amide bonds. The summed E-state index contributed by atoms with van der Waals surface area (Å²) in [6.07, 6.45) is 54.2. The Bertz CT molecular complexity index is 1920. The van der Waals surface area contributed by atoms with Crippen molar-refractivity contribution in [1.82, 2.24) is 0 Å². The van der Waals surface area contributed by atoms with Crippen LogP contribution in [0.1, 0.15) is 402 Å². The summed E-state index contributed by atoms with van der Waals surface area (Å²) in [5.74, 6) is 0.993. The molecule has 17 nitrogen and oxygen atoms in total. The van der Waals surface area contributed by atoms with Crippen LogP contribution in [0.3, 0.4) is 0 Å². The zero-order valence-electron chi connectivity index (χ0n) is 64.4. The minimum absolute atomic E-state index is 0.106. The number of unbranched alkanes of at least 4 members (excludes halogenated alkanes) is 40. The Morgan fingerprint density at radius 1 is 0.286 bits per heavy atom. The maximum Gasteiger partial charge on any atom is 0.472 e. The van der Waals surface area contributed by atoms with E-state index in [0.717, 1.165) is 114 Å². The normalized spacial score (nSPS) is 14.6. The molecule has 0 rings (SSSR count). The molecule has 0 saturated carbocycles. The van der Waals surface area contributed by atoms with E-state index in [2.05, 4.69) is 55.4 Å². The maximum absolute atomic E-state index is 13.1. The van der Waals surface area contributed by atoms with Gasteiger partial charge in [-0.25, -0.2) is 9.13 Å². The van der Waals surface area contributed by atoms with Crippen LogP contribution in [-0.2, 0) is 65.4 Å². The Kier molecular flexibility index (Phi) is 66.8. The lowest BCUT2D eigenvalue weighted by atomic mass is 9.99. The summed E-state index contributed by atoms with van der Waals surface area (Å²) >= 11 is 0. The van der Waals surface area contributed by atoms with E-state index in [1.54, 1.807) is 0 Å². The molecule has 19 heteroatoms. The highest BCUT2D eigenvalue weighted by Crippen LogP contribution is 2.45. The van der Waals surface area contributed by atoms with Crippen molar-refractivity contribution in [2.75, 3.05) is 39.6 Å². The van der Waals surface area contributed by atoms with Crippen LogP contribution in [0.5, 0.6) is 0 Å². The van der Waals surface area contributed by atoms with Gasteiger partial charge in [-0.05, 0) is 49.4 Å². The number of aliphatic hydroxyl groups excluding tert-OH is 1. The molecule has 0 aromatic carbocycles. The average Bonchev–Trinajstić information content (AvgIpc) is 0.997. The van der Waals surface area contributed by atoms with Gasteiger partial charge in [0.1, 0.15) is 19.3 Å². The van der Waals surface area contributed by atoms with E-state index in [1.165, 1.54) is 199 Å². The molecule has 0 fully saturated rings. The van der Waals surface area contributed by atoms with Crippen LogP contribution < -0.4 is 0 Å². The third kappa shape index (κ3) is 69.8. The van der Waals surface area contributed by atoms with Crippen molar-refractivity contribution < 1.29 is 80.2 Å². The molecule has 0 spiro atoms. The highest BCUT2D eigenvalue weighted by atomic mass is 31.2. The van der Waals surface area contributed by atoms with Gasteiger partial charge in [-0.2, -0.15) is 0 Å². The fourth-order valence-electron chi connectivity index (χ4n) is 12.0. The van der Waals surface area contributed by atoms with Crippen molar-refractivity contribution in [2.24, 2.45) is 23.7 Å².